The summed E-state index contributed by atoms with van der Waals surface area (Å²) in [6.45, 7) is 11.2. The number of fused-ring (bicyclic) bond motifs is 1. The fraction of sp³-hybridized carbons (Fsp3) is 0.676. The molecule has 0 saturated heterocycles. The fourth-order valence-corrected chi connectivity index (χ4v) is 9.13. The summed E-state index contributed by atoms with van der Waals surface area (Å²) >= 11 is 1.74. The average molecular weight is 552 g/mol. The molecule has 0 radical (unpaired) electrons. The summed E-state index contributed by atoms with van der Waals surface area (Å²) in [7, 11) is 0. The summed E-state index contributed by atoms with van der Waals surface area (Å²) in [6.07, 6.45) is 19.7. The Morgan fingerprint density at radius 1 is 1.18 bits per heavy atom. The van der Waals surface area contributed by atoms with Crippen LogP contribution in [0.4, 0.5) is 0 Å². The third-order valence-electron chi connectivity index (χ3n) is 10.7. The second-order valence-corrected chi connectivity index (χ2v) is 14.1. The third kappa shape index (κ3) is 5.80. The smallest absolute Gasteiger partial charge is 0.102 e. The van der Waals surface area contributed by atoms with Gasteiger partial charge in [-0.2, -0.15) is 0 Å². The molecule has 39 heavy (non-hydrogen) atoms. The maximum Gasteiger partial charge on any atom is 0.102 e. The van der Waals surface area contributed by atoms with Crippen LogP contribution in [0.3, 0.4) is 0 Å². The van der Waals surface area contributed by atoms with Gasteiger partial charge in [-0.3, -0.25) is 0 Å². The van der Waals surface area contributed by atoms with Crippen LogP contribution in [-0.2, 0) is 11.8 Å². The van der Waals surface area contributed by atoms with E-state index in [0.29, 0.717) is 30.6 Å². The number of unbranched alkanes of at least 4 members (excludes halogenated alkanes) is 1. The Kier molecular flexibility index (Phi) is 8.74. The molecular formula is C34H49NO3S. The normalized spacial score (nSPS) is 36.0. The molecule has 4 saturated carbocycles. The van der Waals surface area contributed by atoms with Crippen molar-refractivity contribution >= 4 is 11.3 Å². The molecule has 0 aliphatic heterocycles. The van der Waals surface area contributed by atoms with Gasteiger partial charge in [0.2, 0.25) is 0 Å². The first-order valence-corrected chi connectivity index (χ1v) is 16.3. The van der Waals surface area contributed by atoms with Crippen molar-refractivity contribution in [3.63, 3.8) is 0 Å². The molecule has 1 heterocycles. The molecule has 3 N–H and O–H groups in total. The first-order chi connectivity index (χ1) is 18.7. The summed E-state index contributed by atoms with van der Waals surface area (Å²) < 4.78 is 0. The molecule has 0 unspecified atom stereocenters. The summed E-state index contributed by atoms with van der Waals surface area (Å²) in [4.78, 5) is 4.93. The van der Waals surface area contributed by atoms with E-state index in [1.165, 1.54) is 49.8 Å². The predicted octanol–water partition coefficient (Wildman–Crippen LogP) is 7.21. The van der Waals surface area contributed by atoms with Crippen molar-refractivity contribution in [3.05, 3.63) is 63.7 Å². The van der Waals surface area contributed by atoms with E-state index < -0.39 is 18.3 Å². The van der Waals surface area contributed by atoms with Gasteiger partial charge in [-0.05, 0) is 98.5 Å². The van der Waals surface area contributed by atoms with Gasteiger partial charge in [0, 0.05) is 11.8 Å². The Hall–Kier alpha value is -1.53. The maximum absolute atomic E-state index is 11.3. The molecule has 5 heteroatoms. The van der Waals surface area contributed by atoms with Crippen LogP contribution in [-0.4, -0.2) is 38.6 Å². The van der Waals surface area contributed by atoms with Crippen LogP contribution < -0.4 is 0 Å². The number of allylic oxidation sites excluding steroid dienone is 4. The second kappa shape index (κ2) is 11.8. The lowest BCUT2D eigenvalue weighted by Crippen LogP contribution is -2.35. The number of aryl methyl sites for hydroxylation is 1. The maximum atomic E-state index is 11.3. The third-order valence-corrected chi connectivity index (χ3v) is 11.8. The first-order valence-electron chi connectivity index (χ1n) is 15.4. The number of hydrogen-bond donors (Lipinski definition) is 3. The van der Waals surface area contributed by atoms with Crippen molar-refractivity contribution in [2.45, 2.75) is 122 Å². The number of nitrogens with zero attached hydrogens (tertiary/aromatic N) is 1. The van der Waals surface area contributed by atoms with Crippen LogP contribution >= 0.6 is 11.3 Å². The number of aliphatic hydroxyl groups is 3. The molecule has 0 spiro atoms. The monoisotopic (exact) mass is 551 g/mol. The first kappa shape index (κ1) is 29.0. The Morgan fingerprint density at radius 2 is 1.97 bits per heavy atom. The van der Waals surface area contributed by atoms with Gasteiger partial charge in [-0.1, -0.05) is 63.6 Å². The standard InChI is InChI=1S/C34H49NO3S/c1-5-6-9-26-21-39-32(35-26)34(17-18-34)31(38)15-10-22(2)28-13-14-29-24(8-7-16-33(28,29)4)11-12-25-19-27(36)20-30(37)23(25)3/h10-12,15,21-22,27-31,36-38H,3,5-9,13-14,16-20H2,1-2,4H3/b15-10+,24-11+,25-12+/t22-,27-,28-,29+,30+,31-,33-/m1/s1. The van der Waals surface area contributed by atoms with Crippen molar-refractivity contribution in [2.24, 2.45) is 23.2 Å². The highest BCUT2D eigenvalue weighted by molar-refractivity contribution is 7.09. The molecular weight excluding hydrogens is 502 g/mol. The van der Waals surface area contributed by atoms with Crippen molar-refractivity contribution in [1.82, 2.24) is 4.98 Å². The molecule has 7 atom stereocenters. The topological polar surface area (TPSA) is 73.6 Å². The minimum atomic E-state index is -0.637. The summed E-state index contributed by atoms with van der Waals surface area (Å²) in [5, 5.41) is 35.0. The lowest BCUT2D eigenvalue weighted by atomic mass is 9.61. The molecule has 0 amide bonds. The van der Waals surface area contributed by atoms with E-state index in [9.17, 15) is 15.3 Å². The number of rotatable bonds is 9. The van der Waals surface area contributed by atoms with Gasteiger partial charge in [-0.25, -0.2) is 4.98 Å². The molecule has 4 fully saturated rings. The predicted molar refractivity (Wildman–Crippen MR) is 161 cm³/mol. The SMILES string of the molecule is C=C1/C(=C/C=C2\CCC[C@]3(C)[C@@H]([C@H](C)/C=C/[C@@H](O)C4(c5nc(CCCC)cs5)CC4)CC[C@@H]23)C[C@@H](O)C[C@@H]1O. The average Bonchev–Trinajstić information content (AvgIpc) is 3.44. The Bertz CT molecular complexity index is 1130. The zero-order valence-corrected chi connectivity index (χ0v) is 25.1. The quantitative estimate of drug-likeness (QED) is 0.284. The number of thiazole rings is 1. The van der Waals surface area contributed by atoms with Crippen LogP contribution in [0.15, 0.2) is 53.0 Å². The Balaban J connectivity index is 1.26. The summed E-state index contributed by atoms with van der Waals surface area (Å²) in [6, 6.07) is 0. The van der Waals surface area contributed by atoms with Gasteiger partial charge in [0.25, 0.3) is 0 Å². The Labute approximate surface area is 239 Å². The van der Waals surface area contributed by atoms with E-state index >= 15 is 0 Å². The zero-order chi connectivity index (χ0) is 27.8. The molecule has 0 aromatic carbocycles. The minimum Gasteiger partial charge on any atom is -0.393 e. The van der Waals surface area contributed by atoms with Gasteiger partial charge in [0.05, 0.1) is 29.4 Å². The van der Waals surface area contributed by atoms with Gasteiger partial charge >= 0.3 is 0 Å². The van der Waals surface area contributed by atoms with E-state index in [4.69, 9.17) is 4.98 Å². The van der Waals surface area contributed by atoms with Crippen LogP contribution in [0.2, 0.25) is 0 Å². The molecule has 1 aromatic heterocycles. The van der Waals surface area contributed by atoms with Crippen molar-refractivity contribution in [2.75, 3.05) is 0 Å². The lowest BCUT2D eigenvalue weighted by molar-refractivity contribution is 0.0862. The van der Waals surface area contributed by atoms with E-state index in [0.717, 1.165) is 41.8 Å². The highest BCUT2D eigenvalue weighted by Crippen LogP contribution is 2.60. The molecule has 0 bridgehead atoms. The minimum absolute atomic E-state index is 0.161. The van der Waals surface area contributed by atoms with E-state index in [1.54, 1.807) is 11.3 Å². The molecule has 4 aliphatic carbocycles. The van der Waals surface area contributed by atoms with Crippen molar-refractivity contribution < 1.29 is 15.3 Å². The van der Waals surface area contributed by atoms with Crippen LogP contribution in [0.25, 0.3) is 0 Å². The van der Waals surface area contributed by atoms with Gasteiger partial charge < -0.3 is 15.3 Å². The van der Waals surface area contributed by atoms with Crippen LogP contribution in [0.5, 0.6) is 0 Å². The molecule has 214 valence electrons. The molecule has 1 aromatic rings. The van der Waals surface area contributed by atoms with E-state index in [2.05, 4.69) is 57.0 Å². The number of aromatic nitrogens is 1. The Morgan fingerprint density at radius 3 is 2.72 bits per heavy atom. The van der Waals surface area contributed by atoms with Gasteiger partial charge in [0.15, 0.2) is 0 Å². The van der Waals surface area contributed by atoms with Gasteiger partial charge in [0.1, 0.15) is 5.01 Å². The van der Waals surface area contributed by atoms with Crippen LogP contribution in [0, 0.1) is 23.2 Å². The highest BCUT2D eigenvalue weighted by atomic mass is 32.1. The van der Waals surface area contributed by atoms with Crippen molar-refractivity contribution in [3.8, 4) is 0 Å². The summed E-state index contributed by atoms with van der Waals surface area (Å²) in [5.74, 6) is 1.60. The largest absolute Gasteiger partial charge is 0.393 e. The molecule has 5 rings (SSSR count). The molecule has 4 nitrogen and oxygen atoms in total. The fourth-order valence-electron chi connectivity index (χ4n) is 7.99. The van der Waals surface area contributed by atoms with E-state index in [1.807, 2.05) is 0 Å². The van der Waals surface area contributed by atoms with Crippen molar-refractivity contribution in [1.29, 1.82) is 0 Å². The van der Waals surface area contributed by atoms with E-state index in [-0.39, 0.29) is 10.8 Å². The van der Waals surface area contributed by atoms with Crippen LogP contribution in [0.1, 0.15) is 102 Å². The number of aliphatic hydroxyl groups excluding tert-OH is 3. The zero-order valence-electron chi connectivity index (χ0n) is 24.2. The highest BCUT2D eigenvalue weighted by Gasteiger charge is 2.53. The second-order valence-electron chi connectivity index (χ2n) is 13.3. The van der Waals surface area contributed by atoms with Gasteiger partial charge in [-0.15, -0.1) is 11.3 Å². The molecule has 4 aliphatic rings. The summed E-state index contributed by atoms with van der Waals surface area (Å²) in [5.41, 5.74) is 4.58. The number of hydrogen-bond acceptors (Lipinski definition) is 5. The lowest BCUT2D eigenvalue weighted by Gasteiger charge is -2.44.